The van der Waals surface area contributed by atoms with E-state index >= 15 is 0 Å². The lowest BCUT2D eigenvalue weighted by Crippen LogP contribution is -2.51. The zero-order chi connectivity index (χ0) is 27.3. The Morgan fingerprint density at radius 2 is 1.73 bits per heavy atom. The summed E-state index contributed by atoms with van der Waals surface area (Å²) in [6, 6.07) is 16.5. The van der Waals surface area contributed by atoms with Gasteiger partial charge < -0.3 is 19.3 Å². The number of furan rings is 1. The number of aliphatic hydroxyl groups is 1. The molecule has 8 nitrogen and oxygen atoms in total. The van der Waals surface area contributed by atoms with Gasteiger partial charge in [0.1, 0.15) is 17.0 Å². The maximum Gasteiger partial charge on any atom is 0.256 e. The Balaban J connectivity index is 1.15. The summed E-state index contributed by atoms with van der Waals surface area (Å²) in [5.41, 5.74) is 3.28. The average molecular weight is 541 g/mol. The van der Waals surface area contributed by atoms with Crippen LogP contribution >= 0.6 is 0 Å². The van der Waals surface area contributed by atoms with Gasteiger partial charge in [0.25, 0.3) is 5.91 Å². The van der Waals surface area contributed by atoms with Crippen LogP contribution in [-0.2, 0) is 9.59 Å². The maximum absolute atomic E-state index is 14.1. The number of hydrogen-bond donors (Lipinski definition) is 1. The second kappa shape index (κ2) is 10.2. The van der Waals surface area contributed by atoms with Gasteiger partial charge in [0.2, 0.25) is 5.91 Å². The Morgan fingerprint density at radius 3 is 2.48 bits per heavy atom. The number of piperidine rings is 1. The molecule has 3 aromatic rings. The van der Waals surface area contributed by atoms with Crippen molar-refractivity contribution in [2.75, 3.05) is 45.9 Å². The number of rotatable bonds is 7. The number of benzene rings is 2. The van der Waals surface area contributed by atoms with Crippen LogP contribution in [0.5, 0.6) is 0 Å². The largest absolute Gasteiger partial charge is 0.464 e. The van der Waals surface area contributed by atoms with Crippen LogP contribution in [0.2, 0.25) is 0 Å². The Labute approximate surface area is 234 Å². The monoisotopic (exact) mass is 540 g/mol. The van der Waals surface area contributed by atoms with Crippen molar-refractivity contribution in [3.63, 3.8) is 0 Å². The predicted molar refractivity (Wildman–Crippen MR) is 153 cm³/mol. The molecule has 3 fully saturated rings. The summed E-state index contributed by atoms with van der Waals surface area (Å²) in [6.07, 6.45) is 5.97. The molecule has 1 atom stereocenters. The number of carbonyl (C=O) groups is 2. The minimum atomic E-state index is -0.742. The van der Waals surface area contributed by atoms with Gasteiger partial charge in [-0.3, -0.25) is 19.5 Å². The fourth-order valence-corrected chi connectivity index (χ4v) is 6.65. The van der Waals surface area contributed by atoms with Crippen molar-refractivity contribution in [2.24, 2.45) is 16.8 Å². The Bertz CT molecular complexity index is 1450. The topological polar surface area (TPSA) is 89.6 Å². The molecule has 7 rings (SSSR count). The van der Waals surface area contributed by atoms with Gasteiger partial charge in [0, 0.05) is 56.1 Å². The molecule has 0 unspecified atom stereocenters. The molecule has 1 spiro atoms. The van der Waals surface area contributed by atoms with Crippen molar-refractivity contribution in [3.05, 3.63) is 60.4 Å². The van der Waals surface area contributed by atoms with Crippen molar-refractivity contribution in [3.8, 4) is 11.1 Å². The van der Waals surface area contributed by atoms with Gasteiger partial charge in [-0.2, -0.15) is 0 Å². The van der Waals surface area contributed by atoms with Crippen molar-refractivity contribution in [1.82, 2.24) is 14.7 Å². The SMILES string of the molecule is O=C(C1CC1)N1CC[C@@H](CN2C(=O)C3(CCN(CCO)CC3)N=C2c2ccc(-c3ccc4occc4c3)cc2)C1. The second-order valence-electron chi connectivity index (χ2n) is 11.9. The van der Waals surface area contributed by atoms with E-state index in [1.54, 1.807) is 6.26 Å². The van der Waals surface area contributed by atoms with Crippen LogP contribution in [0.15, 0.2) is 64.2 Å². The van der Waals surface area contributed by atoms with E-state index in [1.807, 2.05) is 21.9 Å². The highest BCUT2D eigenvalue weighted by atomic mass is 16.3. The molecule has 2 amide bonds. The summed E-state index contributed by atoms with van der Waals surface area (Å²) in [5.74, 6) is 1.62. The number of amides is 2. The minimum Gasteiger partial charge on any atom is -0.464 e. The summed E-state index contributed by atoms with van der Waals surface area (Å²) in [4.78, 5) is 38.1. The summed E-state index contributed by atoms with van der Waals surface area (Å²) in [7, 11) is 0. The first kappa shape index (κ1) is 25.5. The third-order valence-corrected chi connectivity index (χ3v) is 9.21. The first-order chi connectivity index (χ1) is 19.5. The molecule has 4 heterocycles. The Hall–Kier alpha value is -3.49. The number of likely N-dealkylation sites (tertiary alicyclic amines) is 2. The summed E-state index contributed by atoms with van der Waals surface area (Å²) in [5, 5.41) is 10.5. The number of carbonyl (C=O) groups excluding carboxylic acids is 2. The standard InChI is InChI=1S/C32H36N4O4/c37-17-16-34-14-11-32(12-15-34)31(39)36(21-22-9-13-35(20-22)30(38)25-5-6-25)29(33-32)24-3-1-23(2-4-24)26-7-8-28-27(19-26)10-18-40-28/h1-4,7-8,10,18-19,22,25,37H,5-6,9,11-17,20-21H2/t22-/m1/s1. The lowest BCUT2D eigenvalue weighted by atomic mass is 9.87. The zero-order valence-electron chi connectivity index (χ0n) is 22.8. The van der Waals surface area contributed by atoms with E-state index < -0.39 is 5.54 Å². The highest BCUT2D eigenvalue weighted by molar-refractivity contribution is 6.15. The highest BCUT2D eigenvalue weighted by Gasteiger charge is 2.50. The average Bonchev–Trinajstić information content (AvgIpc) is 3.44. The van der Waals surface area contributed by atoms with E-state index in [4.69, 9.17) is 9.41 Å². The molecule has 0 radical (unpaired) electrons. The van der Waals surface area contributed by atoms with Gasteiger partial charge >= 0.3 is 0 Å². The molecule has 2 aromatic carbocycles. The lowest BCUT2D eigenvalue weighted by molar-refractivity contribution is -0.133. The number of aliphatic imine (C=N–C) groups is 1. The molecule has 2 saturated heterocycles. The molecule has 1 saturated carbocycles. The van der Waals surface area contributed by atoms with Crippen LogP contribution in [0.3, 0.4) is 0 Å². The molecule has 4 aliphatic rings. The fourth-order valence-electron chi connectivity index (χ4n) is 6.65. The lowest BCUT2D eigenvalue weighted by Gasteiger charge is -2.36. The fraction of sp³-hybridized carbons (Fsp3) is 0.469. The van der Waals surface area contributed by atoms with Gasteiger partial charge in [-0.15, -0.1) is 0 Å². The molecular formula is C32H36N4O4. The number of β-amino-alcohol motifs (C(OH)–C–C–N with tert-alkyl or cyclic N) is 1. The number of nitrogens with zero attached hydrogens (tertiary/aromatic N) is 4. The third-order valence-electron chi connectivity index (χ3n) is 9.21. The van der Waals surface area contributed by atoms with Crippen LogP contribution < -0.4 is 0 Å². The van der Waals surface area contributed by atoms with E-state index in [2.05, 4.69) is 41.3 Å². The van der Waals surface area contributed by atoms with E-state index in [0.29, 0.717) is 31.8 Å². The molecule has 1 N–H and O–H groups in total. The van der Waals surface area contributed by atoms with Crippen LogP contribution in [0.1, 0.15) is 37.7 Å². The first-order valence-corrected chi connectivity index (χ1v) is 14.6. The van der Waals surface area contributed by atoms with Gasteiger partial charge in [0.05, 0.1) is 12.9 Å². The third kappa shape index (κ3) is 4.63. The van der Waals surface area contributed by atoms with E-state index in [1.165, 1.54) is 0 Å². The zero-order valence-corrected chi connectivity index (χ0v) is 22.8. The van der Waals surface area contributed by atoms with Crippen molar-refractivity contribution < 1.29 is 19.1 Å². The van der Waals surface area contributed by atoms with Gasteiger partial charge in [-0.05, 0) is 67.3 Å². The van der Waals surface area contributed by atoms with Gasteiger partial charge in [-0.1, -0.05) is 30.3 Å². The van der Waals surface area contributed by atoms with Crippen LogP contribution in [0.25, 0.3) is 22.1 Å². The molecule has 0 bridgehead atoms. The summed E-state index contributed by atoms with van der Waals surface area (Å²) in [6.45, 7) is 4.35. The quantitative estimate of drug-likeness (QED) is 0.493. The molecule has 1 aliphatic carbocycles. The van der Waals surface area contributed by atoms with Crippen LogP contribution in [-0.4, -0.2) is 88.9 Å². The van der Waals surface area contributed by atoms with Crippen molar-refractivity contribution >= 4 is 28.6 Å². The predicted octanol–water partition coefficient (Wildman–Crippen LogP) is 3.77. The number of fused-ring (bicyclic) bond motifs is 1. The second-order valence-corrected chi connectivity index (χ2v) is 11.9. The Morgan fingerprint density at radius 1 is 0.975 bits per heavy atom. The van der Waals surface area contributed by atoms with E-state index in [-0.39, 0.29) is 24.3 Å². The van der Waals surface area contributed by atoms with E-state index in [9.17, 15) is 14.7 Å². The normalized spacial score (nSPS) is 23.0. The van der Waals surface area contributed by atoms with Crippen molar-refractivity contribution in [1.29, 1.82) is 0 Å². The molecule has 1 aromatic heterocycles. The van der Waals surface area contributed by atoms with Crippen LogP contribution in [0.4, 0.5) is 0 Å². The molecule has 3 aliphatic heterocycles. The number of aliphatic hydroxyl groups excluding tert-OH is 1. The molecular weight excluding hydrogens is 504 g/mol. The molecule has 208 valence electrons. The Kier molecular flexibility index (Phi) is 6.47. The van der Waals surface area contributed by atoms with Gasteiger partial charge in [-0.25, -0.2) is 0 Å². The maximum atomic E-state index is 14.1. The van der Waals surface area contributed by atoms with E-state index in [0.717, 1.165) is 78.9 Å². The molecule has 8 heteroatoms. The summed E-state index contributed by atoms with van der Waals surface area (Å²) >= 11 is 0. The smallest absolute Gasteiger partial charge is 0.256 e. The molecule has 40 heavy (non-hydrogen) atoms. The number of hydrogen-bond acceptors (Lipinski definition) is 6. The van der Waals surface area contributed by atoms with Gasteiger partial charge in [0.15, 0.2) is 0 Å². The minimum absolute atomic E-state index is 0.0904. The van der Waals surface area contributed by atoms with Crippen molar-refractivity contribution in [2.45, 2.75) is 37.6 Å². The summed E-state index contributed by atoms with van der Waals surface area (Å²) < 4.78 is 5.49. The van der Waals surface area contributed by atoms with Crippen LogP contribution in [0, 0.1) is 11.8 Å². The highest BCUT2D eigenvalue weighted by Crippen LogP contribution is 2.38. The number of amidine groups is 1. The first-order valence-electron chi connectivity index (χ1n) is 14.6.